The molecule has 6 heteroatoms. The van der Waals surface area contributed by atoms with Crippen LogP contribution in [0.25, 0.3) is 0 Å². The van der Waals surface area contributed by atoms with E-state index in [4.69, 9.17) is 0 Å². The molecule has 1 aromatic carbocycles. The zero-order valence-corrected chi connectivity index (χ0v) is 13.9. The highest BCUT2D eigenvalue weighted by Crippen LogP contribution is 2.32. The molecule has 2 aromatic rings. The summed E-state index contributed by atoms with van der Waals surface area (Å²) in [6, 6.07) is 9.95. The molecule has 1 aromatic heterocycles. The second-order valence-electron chi connectivity index (χ2n) is 5.58. The Labute approximate surface area is 134 Å². The maximum absolute atomic E-state index is 12.1. The summed E-state index contributed by atoms with van der Waals surface area (Å²) in [5.41, 5.74) is 3.19. The number of fused-ring (bicyclic) bond motifs is 1. The van der Waals surface area contributed by atoms with Crippen LogP contribution in [0.15, 0.2) is 30.3 Å². The van der Waals surface area contributed by atoms with Crippen LogP contribution in [0.4, 0.5) is 0 Å². The molecule has 1 N–H and O–H groups in total. The third-order valence-corrected chi connectivity index (χ3v) is 6.50. The van der Waals surface area contributed by atoms with Crippen molar-refractivity contribution in [2.75, 3.05) is 6.54 Å². The second kappa shape index (κ2) is 5.85. The minimum Gasteiger partial charge on any atom is -0.351 e. The van der Waals surface area contributed by atoms with Crippen molar-refractivity contribution in [1.29, 1.82) is 0 Å². The average Bonchev–Trinajstić information content (AvgIpc) is 2.94. The van der Waals surface area contributed by atoms with Crippen LogP contribution in [0.5, 0.6) is 0 Å². The first-order chi connectivity index (χ1) is 10.4. The molecule has 22 heavy (non-hydrogen) atoms. The van der Waals surface area contributed by atoms with Crippen molar-refractivity contribution in [3.63, 3.8) is 0 Å². The fraction of sp³-hybridized carbons (Fsp3) is 0.312. The molecule has 0 atom stereocenters. The van der Waals surface area contributed by atoms with E-state index in [-0.39, 0.29) is 17.4 Å². The summed E-state index contributed by atoms with van der Waals surface area (Å²) in [4.78, 5) is 13.5. The number of carbonyl (C=O) groups excluding carboxylic acids is 1. The lowest BCUT2D eigenvalue weighted by atomic mass is 10.1. The Bertz CT molecular complexity index is 775. The van der Waals surface area contributed by atoms with Crippen molar-refractivity contribution in [1.82, 2.24) is 5.32 Å². The fourth-order valence-corrected chi connectivity index (χ4v) is 5.65. The standard InChI is InChI=1S/C16H17NO3S2/c1-11-2-4-12(5-3-11)6-7-17-16(18)14-8-13-9-22(19,20)10-15(13)21-14/h2-5,8H,6-7,9-10H2,1H3,(H,17,18). The van der Waals surface area contributed by atoms with Gasteiger partial charge in [0.15, 0.2) is 9.84 Å². The smallest absolute Gasteiger partial charge is 0.261 e. The maximum atomic E-state index is 12.1. The SMILES string of the molecule is Cc1ccc(CCNC(=O)c2cc3c(s2)CS(=O)(=O)C3)cc1. The van der Waals surface area contributed by atoms with E-state index in [1.807, 2.05) is 6.92 Å². The topological polar surface area (TPSA) is 63.2 Å². The summed E-state index contributed by atoms with van der Waals surface area (Å²) in [5.74, 6) is 0.0166. The van der Waals surface area contributed by atoms with Crippen LogP contribution in [-0.2, 0) is 27.8 Å². The van der Waals surface area contributed by atoms with Gasteiger partial charge in [0, 0.05) is 11.4 Å². The molecule has 0 spiro atoms. The molecule has 116 valence electrons. The van der Waals surface area contributed by atoms with Crippen LogP contribution in [0, 0.1) is 6.92 Å². The Morgan fingerprint density at radius 3 is 2.64 bits per heavy atom. The van der Waals surface area contributed by atoms with Gasteiger partial charge in [-0.1, -0.05) is 29.8 Å². The highest BCUT2D eigenvalue weighted by atomic mass is 32.2. The van der Waals surface area contributed by atoms with Crippen LogP contribution < -0.4 is 5.32 Å². The van der Waals surface area contributed by atoms with Gasteiger partial charge in [0.05, 0.1) is 16.4 Å². The summed E-state index contributed by atoms with van der Waals surface area (Å²) in [7, 11) is -2.98. The normalized spacial score (nSPS) is 15.5. The molecule has 3 rings (SSSR count). The Morgan fingerprint density at radius 1 is 1.23 bits per heavy atom. The fourth-order valence-electron chi connectivity index (χ4n) is 2.47. The molecular formula is C16H17NO3S2. The van der Waals surface area contributed by atoms with Gasteiger partial charge < -0.3 is 5.32 Å². The quantitative estimate of drug-likeness (QED) is 0.933. The minimum absolute atomic E-state index is 0.0650. The zero-order valence-electron chi connectivity index (χ0n) is 12.3. The highest BCUT2D eigenvalue weighted by Gasteiger charge is 2.28. The Kier molecular flexibility index (Phi) is 4.06. The minimum atomic E-state index is -2.98. The van der Waals surface area contributed by atoms with Gasteiger partial charge in [-0.15, -0.1) is 11.3 Å². The van der Waals surface area contributed by atoms with Gasteiger partial charge in [0.25, 0.3) is 5.91 Å². The monoisotopic (exact) mass is 335 g/mol. The number of aryl methyl sites for hydroxylation is 1. The van der Waals surface area contributed by atoms with E-state index >= 15 is 0 Å². The first-order valence-corrected chi connectivity index (χ1v) is 9.72. The summed E-state index contributed by atoms with van der Waals surface area (Å²) < 4.78 is 23.0. The Morgan fingerprint density at radius 2 is 1.95 bits per heavy atom. The van der Waals surface area contributed by atoms with Crippen molar-refractivity contribution in [3.05, 3.63) is 56.8 Å². The largest absolute Gasteiger partial charge is 0.351 e. The van der Waals surface area contributed by atoms with E-state index in [9.17, 15) is 13.2 Å². The Hall–Kier alpha value is -1.66. The molecule has 2 heterocycles. The molecule has 0 saturated heterocycles. The van der Waals surface area contributed by atoms with Gasteiger partial charge in [0.2, 0.25) is 0 Å². The van der Waals surface area contributed by atoms with E-state index in [0.29, 0.717) is 11.4 Å². The van der Waals surface area contributed by atoms with Crippen LogP contribution in [0.2, 0.25) is 0 Å². The van der Waals surface area contributed by atoms with Gasteiger partial charge in [-0.3, -0.25) is 4.79 Å². The lowest BCUT2D eigenvalue weighted by Gasteiger charge is -2.04. The van der Waals surface area contributed by atoms with Crippen molar-refractivity contribution in [3.8, 4) is 0 Å². The van der Waals surface area contributed by atoms with Gasteiger partial charge in [-0.25, -0.2) is 8.42 Å². The number of nitrogens with one attached hydrogen (secondary N) is 1. The molecule has 1 aliphatic heterocycles. The van der Waals surface area contributed by atoms with Crippen LogP contribution in [-0.4, -0.2) is 20.9 Å². The molecule has 1 aliphatic rings. The van der Waals surface area contributed by atoms with Gasteiger partial charge in [-0.2, -0.15) is 0 Å². The number of benzene rings is 1. The van der Waals surface area contributed by atoms with Crippen LogP contribution in [0.1, 0.15) is 31.2 Å². The number of sulfone groups is 1. The number of hydrogen-bond donors (Lipinski definition) is 1. The van der Waals surface area contributed by atoms with E-state index < -0.39 is 9.84 Å². The third kappa shape index (κ3) is 3.39. The molecule has 0 radical (unpaired) electrons. The first kappa shape index (κ1) is 15.2. The van der Waals surface area contributed by atoms with Gasteiger partial charge in [-0.05, 0) is 30.5 Å². The van der Waals surface area contributed by atoms with E-state index in [2.05, 4.69) is 29.6 Å². The molecule has 0 bridgehead atoms. The van der Waals surface area contributed by atoms with E-state index in [1.54, 1.807) is 6.07 Å². The van der Waals surface area contributed by atoms with Crippen molar-refractivity contribution < 1.29 is 13.2 Å². The predicted molar refractivity (Wildman–Crippen MR) is 87.9 cm³/mol. The van der Waals surface area contributed by atoms with Crippen LogP contribution >= 0.6 is 11.3 Å². The molecule has 0 fully saturated rings. The van der Waals surface area contributed by atoms with Gasteiger partial charge >= 0.3 is 0 Å². The van der Waals surface area contributed by atoms with Crippen molar-refractivity contribution in [2.45, 2.75) is 24.9 Å². The predicted octanol–water partition coefficient (Wildman–Crippen LogP) is 2.46. The maximum Gasteiger partial charge on any atom is 0.261 e. The third-order valence-electron chi connectivity index (χ3n) is 3.67. The molecule has 0 unspecified atom stereocenters. The van der Waals surface area contributed by atoms with Crippen molar-refractivity contribution in [2.24, 2.45) is 0 Å². The lowest BCUT2D eigenvalue weighted by molar-refractivity contribution is 0.0958. The second-order valence-corrected chi connectivity index (χ2v) is 8.78. The summed E-state index contributed by atoms with van der Waals surface area (Å²) >= 11 is 1.29. The first-order valence-electron chi connectivity index (χ1n) is 7.09. The van der Waals surface area contributed by atoms with E-state index in [0.717, 1.165) is 16.9 Å². The molecule has 0 saturated carbocycles. The molecular weight excluding hydrogens is 318 g/mol. The zero-order chi connectivity index (χ0) is 15.7. The summed E-state index contributed by atoms with van der Waals surface area (Å²) in [6.45, 7) is 2.62. The molecule has 4 nitrogen and oxygen atoms in total. The number of thiophene rings is 1. The summed E-state index contributed by atoms with van der Waals surface area (Å²) in [5, 5.41) is 2.89. The molecule has 1 amide bonds. The average molecular weight is 335 g/mol. The molecule has 0 aliphatic carbocycles. The van der Waals surface area contributed by atoms with E-state index in [1.165, 1.54) is 22.5 Å². The van der Waals surface area contributed by atoms with Crippen LogP contribution in [0.3, 0.4) is 0 Å². The number of rotatable bonds is 4. The number of hydrogen-bond acceptors (Lipinski definition) is 4. The Balaban J connectivity index is 1.56. The van der Waals surface area contributed by atoms with Crippen molar-refractivity contribution >= 4 is 27.1 Å². The number of amides is 1. The highest BCUT2D eigenvalue weighted by molar-refractivity contribution is 7.90. The van der Waals surface area contributed by atoms with Gasteiger partial charge in [0.1, 0.15) is 0 Å². The summed E-state index contributed by atoms with van der Waals surface area (Å²) in [6.07, 6.45) is 0.783. The number of carbonyl (C=O) groups is 1. The lowest BCUT2D eigenvalue weighted by Crippen LogP contribution is -2.24.